The first kappa shape index (κ1) is 13.8. The van der Waals surface area contributed by atoms with E-state index in [1.54, 1.807) is 7.11 Å². The molecule has 0 saturated carbocycles. The second-order valence-electron chi connectivity index (χ2n) is 3.79. The van der Waals surface area contributed by atoms with Crippen molar-refractivity contribution < 1.29 is 4.74 Å². The predicted octanol–water partition coefficient (Wildman–Crippen LogP) is 4.27. The molecule has 2 aromatic carbocycles. The van der Waals surface area contributed by atoms with Crippen molar-refractivity contribution in [3.8, 4) is 5.75 Å². The lowest BCUT2D eigenvalue weighted by Gasteiger charge is -2.11. The molecule has 0 aliphatic heterocycles. The second kappa shape index (κ2) is 6.54. The standard InChI is InChI=1S/C14H13BrN2OS/c1-18-13-8-7-11(9-12(13)15)17-14(19)16-10-5-3-2-4-6-10/h2-9H,1H3,(H2,16,17,19). The molecule has 2 rings (SSSR count). The number of ether oxygens (including phenoxy) is 1. The number of benzene rings is 2. The summed E-state index contributed by atoms with van der Waals surface area (Å²) in [6.07, 6.45) is 0. The van der Waals surface area contributed by atoms with Gasteiger partial charge in [-0.1, -0.05) is 18.2 Å². The molecule has 0 saturated heterocycles. The number of thiocarbonyl (C=S) groups is 1. The summed E-state index contributed by atoms with van der Waals surface area (Å²) in [7, 11) is 1.63. The third-order valence-corrected chi connectivity index (χ3v) is 3.27. The van der Waals surface area contributed by atoms with Crippen LogP contribution in [0.5, 0.6) is 5.75 Å². The Morgan fingerprint density at radius 1 is 1.05 bits per heavy atom. The van der Waals surface area contributed by atoms with E-state index in [0.717, 1.165) is 21.6 Å². The molecule has 0 amide bonds. The third-order valence-electron chi connectivity index (χ3n) is 2.44. The van der Waals surface area contributed by atoms with Crippen LogP contribution in [0.3, 0.4) is 0 Å². The first-order valence-corrected chi connectivity index (χ1v) is 6.86. The van der Waals surface area contributed by atoms with Gasteiger partial charge >= 0.3 is 0 Å². The predicted molar refractivity (Wildman–Crippen MR) is 87.0 cm³/mol. The Morgan fingerprint density at radius 2 is 1.74 bits per heavy atom. The highest BCUT2D eigenvalue weighted by Gasteiger charge is 2.03. The maximum atomic E-state index is 5.25. The molecular weight excluding hydrogens is 324 g/mol. The molecule has 0 aromatic heterocycles. The Morgan fingerprint density at radius 3 is 2.37 bits per heavy atom. The lowest BCUT2D eigenvalue weighted by molar-refractivity contribution is 0.412. The van der Waals surface area contributed by atoms with E-state index >= 15 is 0 Å². The van der Waals surface area contributed by atoms with Gasteiger partial charge in [0.1, 0.15) is 5.75 Å². The van der Waals surface area contributed by atoms with Gasteiger partial charge < -0.3 is 15.4 Å². The molecule has 19 heavy (non-hydrogen) atoms. The largest absolute Gasteiger partial charge is 0.496 e. The molecule has 2 aromatic rings. The van der Waals surface area contributed by atoms with E-state index < -0.39 is 0 Å². The van der Waals surface area contributed by atoms with Crippen molar-refractivity contribution >= 4 is 44.6 Å². The minimum Gasteiger partial charge on any atom is -0.496 e. The zero-order chi connectivity index (χ0) is 13.7. The summed E-state index contributed by atoms with van der Waals surface area (Å²) in [5.41, 5.74) is 1.84. The molecule has 98 valence electrons. The molecule has 0 atom stereocenters. The fraction of sp³-hybridized carbons (Fsp3) is 0.0714. The molecular formula is C14H13BrN2OS. The summed E-state index contributed by atoms with van der Waals surface area (Å²) in [5, 5.41) is 6.77. The molecule has 0 spiro atoms. The lowest BCUT2D eigenvalue weighted by atomic mass is 10.3. The summed E-state index contributed by atoms with van der Waals surface area (Å²) in [5.74, 6) is 0.785. The molecule has 3 nitrogen and oxygen atoms in total. The summed E-state index contributed by atoms with van der Waals surface area (Å²) in [4.78, 5) is 0. The minimum atomic E-state index is 0.545. The van der Waals surface area contributed by atoms with Crippen molar-refractivity contribution in [2.24, 2.45) is 0 Å². The van der Waals surface area contributed by atoms with Gasteiger partial charge in [-0.25, -0.2) is 0 Å². The summed E-state index contributed by atoms with van der Waals surface area (Å²) in [6, 6.07) is 15.5. The van der Waals surface area contributed by atoms with Gasteiger partial charge in [0, 0.05) is 11.4 Å². The fourth-order valence-electron chi connectivity index (χ4n) is 1.56. The highest BCUT2D eigenvalue weighted by molar-refractivity contribution is 9.10. The van der Waals surface area contributed by atoms with E-state index in [1.165, 1.54) is 0 Å². The fourth-order valence-corrected chi connectivity index (χ4v) is 2.34. The van der Waals surface area contributed by atoms with Crippen molar-refractivity contribution in [1.29, 1.82) is 0 Å². The Labute approximate surface area is 126 Å². The average molecular weight is 337 g/mol. The van der Waals surface area contributed by atoms with Gasteiger partial charge in [0.2, 0.25) is 0 Å². The van der Waals surface area contributed by atoms with E-state index in [0.29, 0.717) is 5.11 Å². The van der Waals surface area contributed by atoms with E-state index in [4.69, 9.17) is 17.0 Å². The van der Waals surface area contributed by atoms with Crippen LogP contribution in [0, 0.1) is 0 Å². The van der Waals surface area contributed by atoms with Gasteiger partial charge in [-0.3, -0.25) is 0 Å². The molecule has 5 heteroatoms. The van der Waals surface area contributed by atoms with Crippen LogP contribution >= 0.6 is 28.1 Å². The number of hydrogen-bond donors (Lipinski definition) is 2. The normalized spacial score (nSPS) is 9.79. The second-order valence-corrected chi connectivity index (χ2v) is 5.06. The first-order valence-electron chi connectivity index (χ1n) is 5.65. The first-order chi connectivity index (χ1) is 9.19. The van der Waals surface area contributed by atoms with E-state index in [9.17, 15) is 0 Å². The van der Waals surface area contributed by atoms with E-state index in [2.05, 4.69) is 26.6 Å². The van der Waals surface area contributed by atoms with Crippen LogP contribution in [-0.2, 0) is 0 Å². The SMILES string of the molecule is COc1ccc(NC(=S)Nc2ccccc2)cc1Br. The van der Waals surface area contributed by atoms with E-state index in [1.807, 2.05) is 48.5 Å². The van der Waals surface area contributed by atoms with Gasteiger partial charge in [0.25, 0.3) is 0 Å². The number of methoxy groups -OCH3 is 1. The molecule has 0 aliphatic carbocycles. The van der Waals surface area contributed by atoms with Gasteiger partial charge in [0.15, 0.2) is 5.11 Å². The van der Waals surface area contributed by atoms with Gasteiger partial charge in [-0.2, -0.15) is 0 Å². The van der Waals surface area contributed by atoms with Crippen LogP contribution in [0.25, 0.3) is 0 Å². The zero-order valence-electron chi connectivity index (χ0n) is 10.3. The lowest BCUT2D eigenvalue weighted by Crippen LogP contribution is -2.18. The monoisotopic (exact) mass is 336 g/mol. The minimum absolute atomic E-state index is 0.545. The van der Waals surface area contributed by atoms with Crippen LogP contribution < -0.4 is 15.4 Å². The molecule has 0 fully saturated rings. The topological polar surface area (TPSA) is 33.3 Å². The van der Waals surface area contributed by atoms with Crippen LogP contribution in [0.4, 0.5) is 11.4 Å². The van der Waals surface area contributed by atoms with Crippen molar-refractivity contribution in [3.05, 3.63) is 53.0 Å². The number of halogens is 1. The van der Waals surface area contributed by atoms with Crippen LogP contribution in [0.15, 0.2) is 53.0 Å². The molecule has 0 radical (unpaired) electrons. The Hall–Kier alpha value is -1.59. The van der Waals surface area contributed by atoms with Crippen molar-refractivity contribution in [1.82, 2.24) is 0 Å². The van der Waals surface area contributed by atoms with Crippen molar-refractivity contribution in [3.63, 3.8) is 0 Å². The molecule has 0 bridgehead atoms. The summed E-state index contributed by atoms with van der Waals surface area (Å²) >= 11 is 8.69. The highest BCUT2D eigenvalue weighted by atomic mass is 79.9. The molecule has 2 N–H and O–H groups in total. The van der Waals surface area contributed by atoms with Crippen LogP contribution in [-0.4, -0.2) is 12.2 Å². The van der Waals surface area contributed by atoms with Gasteiger partial charge in [0.05, 0.1) is 11.6 Å². The molecule has 0 unspecified atom stereocenters. The molecule has 0 heterocycles. The number of rotatable bonds is 3. The summed E-state index contributed by atoms with van der Waals surface area (Å²) in [6.45, 7) is 0. The smallest absolute Gasteiger partial charge is 0.175 e. The highest BCUT2D eigenvalue weighted by Crippen LogP contribution is 2.27. The Kier molecular flexibility index (Phi) is 4.76. The molecule has 0 aliphatic rings. The zero-order valence-corrected chi connectivity index (χ0v) is 12.7. The number of para-hydroxylation sites is 1. The van der Waals surface area contributed by atoms with Gasteiger partial charge in [-0.15, -0.1) is 0 Å². The van der Waals surface area contributed by atoms with Crippen molar-refractivity contribution in [2.75, 3.05) is 17.7 Å². The van der Waals surface area contributed by atoms with Crippen molar-refractivity contribution in [2.45, 2.75) is 0 Å². The van der Waals surface area contributed by atoms with E-state index in [-0.39, 0.29) is 0 Å². The number of nitrogens with one attached hydrogen (secondary N) is 2. The van der Waals surface area contributed by atoms with Crippen LogP contribution in [0.1, 0.15) is 0 Å². The maximum absolute atomic E-state index is 5.25. The number of anilines is 2. The number of hydrogen-bond acceptors (Lipinski definition) is 2. The Bertz CT molecular complexity index is 575. The summed E-state index contributed by atoms with van der Waals surface area (Å²) < 4.78 is 6.05. The third kappa shape index (κ3) is 3.94. The average Bonchev–Trinajstić information content (AvgIpc) is 2.40. The Balaban J connectivity index is 2.01. The van der Waals surface area contributed by atoms with Crippen LogP contribution in [0.2, 0.25) is 0 Å². The maximum Gasteiger partial charge on any atom is 0.175 e. The van der Waals surface area contributed by atoms with Gasteiger partial charge in [-0.05, 0) is 58.5 Å². The quantitative estimate of drug-likeness (QED) is 0.820.